The summed E-state index contributed by atoms with van der Waals surface area (Å²) in [6.45, 7) is 3.88. The molecule has 1 aromatic heterocycles. The second kappa shape index (κ2) is 8.23. The predicted octanol–water partition coefficient (Wildman–Crippen LogP) is 5.42. The van der Waals surface area contributed by atoms with E-state index >= 15 is 0 Å². The zero-order chi connectivity index (χ0) is 24.0. The first-order chi connectivity index (χ1) is 16.4. The Labute approximate surface area is 197 Å². The molecule has 6 heteroatoms. The molecule has 6 nitrogen and oxygen atoms in total. The number of hydrogen-bond donors (Lipinski definition) is 2. The summed E-state index contributed by atoms with van der Waals surface area (Å²) >= 11 is 0. The van der Waals surface area contributed by atoms with Crippen LogP contribution in [0.2, 0.25) is 0 Å². The molecule has 2 N–H and O–H groups in total. The fourth-order valence-corrected chi connectivity index (χ4v) is 4.62. The van der Waals surface area contributed by atoms with Crippen LogP contribution in [0.4, 0.5) is 5.69 Å². The lowest BCUT2D eigenvalue weighted by molar-refractivity contribution is -0.132. The molecule has 1 saturated heterocycles. The maximum Gasteiger partial charge on any atom is 0.300 e. The van der Waals surface area contributed by atoms with Crippen LogP contribution in [0.25, 0.3) is 16.7 Å². The molecule has 2 heterocycles. The summed E-state index contributed by atoms with van der Waals surface area (Å²) in [7, 11) is 1.56. The van der Waals surface area contributed by atoms with Crippen molar-refractivity contribution in [3.63, 3.8) is 0 Å². The van der Waals surface area contributed by atoms with Crippen molar-refractivity contribution in [1.29, 1.82) is 0 Å². The van der Waals surface area contributed by atoms with E-state index in [2.05, 4.69) is 4.98 Å². The normalized spacial score (nSPS) is 17.5. The van der Waals surface area contributed by atoms with Gasteiger partial charge in [-0.15, -0.1) is 0 Å². The molecule has 1 atom stereocenters. The number of amides is 1. The minimum Gasteiger partial charge on any atom is -0.507 e. The SMILES string of the molecule is COc1cccc(C2/C(=C(/O)c3c[nH]c4ccccc34)C(=O)C(=O)N2c2cccc(C)c2C)c1. The van der Waals surface area contributed by atoms with Gasteiger partial charge >= 0.3 is 0 Å². The van der Waals surface area contributed by atoms with Crippen LogP contribution in [0.5, 0.6) is 5.75 Å². The Morgan fingerprint density at radius 2 is 1.76 bits per heavy atom. The van der Waals surface area contributed by atoms with Gasteiger partial charge < -0.3 is 14.8 Å². The number of carbonyl (C=O) groups excluding carboxylic acids is 2. The number of anilines is 1. The second-order valence-corrected chi connectivity index (χ2v) is 8.41. The molecule has 1 amide bonds. The van der Waals surface area contributed by atoms with Crippen molar-refractivity contribution in [1.82, 2.24) is 4.98 Å². The lowest BCUT2D eigenvalue weighted by atomic mass is 9.94. The number of aromatic amines is 1. The third-order valence-corrected chi connectivity index (χ3v) is 6.53. The summed E-state index contributed by atoms with van der Waals surface area (Å²) < 4.78 is 5.41. The maximum atomic E-state index is 13.4. The largest absolute Gasteiger partial charge is 0.507 e. The quantitative estimate of drug-likeness (QED) is 0.246. The van der Waals surface area contributed by atoms with Gasteiger partial charge in [0.1, 0.15) is 11.5 Å². The van der Waals surface area contributed by atoms with Gasteiger partial charge in [-0.2, -0.15) is 0 Å². The van der Waals surface area contributed by atoms with Gasteiger partial charge in [0.15, 0.2) is 0 Å². The van der Waals surface area contributed by atoms with Crippen molar-refractivity contribution in [2.24, 2.45) is 0 Å². The summed E-state index contributed by atoms with van der Waals surface area (Å²) in [5, 5.41) is 12.2. The Morgan fingerprint density at radius 3 is 2.56 bits per heavy atom. The number of nitrogens with zero attached hydrogens (tertiary/aromatic N) is 1. The topological polar surface area (TPSA) is 82.6 Å². The van der Waals surface area contributed by atoms with Crippen LogP contribution in [0.3, 0.4) is 0 Å². The predicted molar refractivity (Wildman–Crippen MR) is 132 cm³/mol. The van der Waals surface area contributed by atoms with Crippen LogP contribution in [0.15, 0.2) is 78.5 Å². The van der Waals surface area contributed by atoms with Gasteiger partial charge in [-0.3, -0.25) is 14.5 Å². The van der Waals surface area contributed by atoms with Gasteiger partial charge in [-0.25, -0.2) is 0 Å². The number of para-hydroxylation sites is 1. The average molecular weight is 453 g/mol. The molecule has 0 spiro atoms. The maximum absolute atomic E-state index is 13.4. The molecular formula is C28H24N2O4. The highest BCUT2D eigenvalue weighted by Crippen LogP contribution is 2.44. The van der Waals surface area contributed by atoms with E-state index in [0.29, 0.717) is 22.6 Å². The summed E-state index contributed by atoms with van der Waals surface area (Å²) in [6, 6.07) is 19.6. The fraction of sp³-hybridized carbons (Fsp3) is 0.143. The summed E-state index contributed by atoms with van der Waals surface area (Å²) in [5.74, 6) is -1.02. The monoisotopic (exact) mass is 452 g/mol. The van der Waals surface area contributed by atoms with Gasteiger partial charge in [-0.1, -0.05) is 42.5 Å². The van der Waals surface area contributed by atoms with Gasteiger partial charge in [0, 0.05) is 28.4 Å². The molecule has 4 aromatic rings. The number of benzene rings is 3. The smallest absolute Gasteiger partial charge is 0.300 e. The Hall–Kier alpha value is -4.32. The van der Waals surface area contributed by atoms with Gasteiger partial charge in [0.25, 0.3) is 11.7 Å². The van der Waals surface area contributed by atoms with E-state index in [1.165, 1.54) is 4.90 Å². The first-order valence-electron chi connectivity index (χ1n) is 11.0. The highest BCUT2D eigenvalue weighted by Gasteiger charge is 2.47. The second-order valence-electron chi connectivity index (χ2n) is 8.41. The molecule has 170 valence electrons. The number of aryl methyl sites for hydroxylation is 1. The van der Waals surface area contributed by atoms with Gasteiger partial charge in [0.2, 0.25) is 0 Å². The molecule has 1 fully saturated rings. The van der Waals surface area contributed by atoms with Crippen molar-refractivity contribution in [3.8, 4) is 5.75 Å². The molecular weight excluding hydrogens is 428 g/mol. The van der Waals surface area contributed by atoms with Gasteiger partial charge in [0.05, 0.1) is 18.7 Å². The number of H-pyrrole nitrogens is 1. The molecule has 0 aliphatic carbocycles. The first-order valence-corrected chi connectivity index (χ1v) is 11.0. The lowest BCUT2D eigenvalue weighted by Crippen LogP contribution is -2.30. The minimum absolute atomic E-state index is 0.0453. The summed E-state index contributed by atoms with van der Waals surface area (Å²) in [5.41, 5.74) is 4.54. The Morgan fingerprint density at radius 1 is 1.00 bits per heavy atom. The van der Waals surface area contributed by atoms with E-state index in [9.17, 15) is 14.7 Å². The number of ketones is 1. The number of carbonyl (C=O) groups is 2. The number of aliphatic hydroxyl groups excluding tert-OH is 1. The number of Topliss-reactive ketones (excluding diaryl/α,β-unsaturated/α-hetero) is 1. The average Bonchev–Trinajstić information content (AvgIpc) is 3.40. The molecule has 1 aliphatic rings. The lowest BCUT2D eigenvalue weighted by Gasteiger charge is -2.27. The highest BCUT2D eigenvalue weighted by atomic mass is 16.5. The van der Waals surface area contributed by atoms with Crippen LogP contribution < -0.4 is 9.64 Å². The molecule has 1 unspecified atom stereocenters. The molecule has 1 aliphatic heterocycles. The van der Waals surface area contributed by atoms with E-state index in [1.54, 1.807) is 25.4 Å². The standard InChI is InChI=1S/C28H24N2O4/c1-16-8-6-13-23(17(16)2)30-25(18-9-7-10-19(14-18)34-3)24(27(32)28(30)33)26(31)21-15-29-22-12-5-4-11-20(21)22/h4-15,25,29,31H,1-3H3/b26-24-. The molecule has 0 saturated carbocycles. The first kappa shape index (κ1) is 21.5. The fourth-order valence-electron chi connectivity index (χ4n) is 4.62. The van der Waals surface area contributed by atoms with E-state index < -0.39 is 17.7 Å². The van der Waals surface area contributed by atoms with Gasteiger partial charge in [-0.05, 0) is 54.8 Å². The number of fused-ring (bicyclic) bond motifs is 1. The third-order valence-electron chi connectivity index (χ3n) is 6.53. The number of aliphatic hydroxyl groups is 1. The molecule has 0 radical (unpaired) electrons. The van der Waals surface area contributed by atoms with Crippen molar-refractivity contribution >= 4 is 34.0 Å². The molecule has 5 rings (SSSR count). The number of ether oxygens (including phenoxy) is 1. The molecule has 0 bridgehead atoms. The van der Waals surface area contributed by atoms with Crippen molar-refractivity contribution in [3.05, 3.63) is 101 Å². The zero-order valence-corrected chi connectivity index (χ0v) is 19.1. The Kier molecular flexibility index (Phi) is 5.21. The summed E-state index contributed by atoms with van der Waals surface area (Å²) in [6.07, 6.45) is 1.66. The number of methoxy groups -OCH3 is 1. The number of hydrogen-bond acceptors (Lipinski definition) is 4. The van der Waals surface area contributed by atoms with Crippen molar-refractivity contribution in [2.75, 3.05) is 12.0 Å². The number of aromatic nitrogens is 1. The summed E-state index contributed by atoms with van der Waals surface area (Å²) in [4.78, 5) is 31.5. The van der Waals surface area contributed by atoms with Crippen LogP contribution in [-0.4, -0.2) is 28.9 Å². The van der Waals surface area contributed by atoms with E-state index in [0.717, 1.165) is 22.0 Å². The van der Waals surface area contributed by atoms with E-state index in [-0.39, 0.29) is 11.3 Å². The van der Waals surface area contributed by atoms with E-state index in [1.807, 2.05) is 68.4 Å². The number of rotatable bonds is 4. The van der Waals surface area contributed by atoms with Crippen LogP contribution in [0.1, 0.15) is 28.3 Å². The highest BCUT2D eigenvalue weighted by molar-refractivity contribution is 6.52. The van der Waals surface area contributed by atoms with Crippen LogP contribution >= 0.6 is 0 Å². The third kappa shape index (κ3) is 3.27. The molecule has 3 aromatic carbocycles. The zero-order valence-electron chi connectivity index (χ0n) is 19.1. The van der Waals surface area contributed by atoms with Crippen molar-refractivity contribution in [2.45, 2.75) is 19.9 Å². The molecule has 34 heavy (non-hydrogen) atoms. The van der Waals surface area contributed by atoms with Crippen LogP contribution in [-0.2, 0) is 9.59 Å². The van der Waals surface area contributed by atoms with Crippen LogP contribution in [0, 0.1) is 13.8 Å². The number of nitrogens with one attached hydrogen (secondary N) is 1. The minimum atomic E-state index is -0.815. The Bertz CT molecular complexity index is 1480. The van der Waals surface area contributed by atoms with Crippen molar-refractivity contribution < 1.29 is 19.4 Å². The Balaban J connectivity index is 1.79. The van der Waals surface area contributed by atoms with E-state index in [4.69, 9.17) is 4.74 Å².